The number of nitrogens with zero attached hydrogens (tertiary/aromatic N) is 2. The van der Waals surface area contributed by atoms with E-state index in [4.69, 9.17) is 9.97 Å². The first kappa shape index (κ1) is 17.5. The van der Waals surface area contributed by atoms with Crippen LogP contribution in [0, 0.1) is 0 Å². The third kappa shape index (κ3) is 3.13. The van der Waals surface area contributed by atoms with E-state index in [-0.39, 0.29) is 0 Å². The first-order valence-corrected chi connectivity index (χ1v) is 10.5. The molecule has 0 amide bonds. The molecule has 0 fully saturated rings. The summed E-state index contributed by atoms with van der Waals surface area (Å²) in [6, 6.07) is 29.0. The zero-order valence-electron chi connectivity index (χ0n) is 14.7. The normalized spacial score (nSPS) is 11.2. The molecule has 0 radical (unpaired) electrons. The summed E-state index contributed by atoms with van der Waals surface area (Å²) in [6.45, 7) is 0. The van der Waals surface area contributed by atoms with Crippen molar-refractivity contribution in [2.45, 2.75) is 0 Å². The van der Waals surface area contributed by atoms with Gasteiger partial charge in [0.2, 0.25) is 0 Å². The third-order valence-corrected chi connectivity index (χ3v) is 5.87. The highest BCUT2D eigenvalue weighted by molar-refractivity contribution is 9.10. The second-order valence-electron chi connectivity index (χ2n) is 6.59. The van der Waals surface area contributed by atoms with Crippen LogP contribution in [0.2, 0.25) is 0 Å². The number of benzene rings is 4. The van der Waals surface area contributed by atoms with Crippen LogP contribution in [-0.4, -0.2) is 9.97 Å². The summed E-state index contributed by atoms with van der Waals surface area (Å²) in [6.07, 6.45) is 0. The third-order valence-electron chi connectivity index (χ3n) is 4.81. The van der Waals surface area contributed by atoms with Gasteiger partial charge in [-0.3, -0.25) is 0 Å². The second kappa shape index (κ2) is 7.12. The van der Waals surface area contributed by atoms with Crippen LogP contribution in [0.1, 0.15) is 0 Å². The Hall–Kier alpha value is -2.56. The summed E-state index contributed by atoms with van der Waals surface area (Å²) in [5, 5.41) is 3.37. The van der Waals surface area contributed by atoms with E-state index in [0.717, 1.165) is 47.9 Å². The van der Waals surface area contributed by atoms with E-state index in [9.17, 15) is 0 Å². The van der Waals surface area contributed by atoms with E-state index in [1.165, 1.54) is 5.39 Å². The van der Waals surface area contributed by atoms with Gasteiger partial charge in [0.25, 0.3) is 0 Å². The highest BCUT2D eigenvalue weighted by Gasteiger charge is 2.13. The van der Waals surface area contributed by atoms with E-state index >= 15 is 0 Å². The number of hydrogen-bond acceptors (Lipinski definition) is 2. The van der Waals surface area contributed by atoms with Crippen molar-refractivity contribution in [3.05, 3.63) is 93.9 Å². The van der Waals surface area contributed by atoms with Gasteiger partial charge in [-0.25, -0.2) is 9.97 Å². The maximum absolute atomic E-state index is 4.97. The van der Waals surface area contributed by atoms with Crippen LogP contribution in [0.3, 0.4) is 0 Å². The van der Waals surface area contributed by atoms with E-state index in [1.54, 1.807) is 0 Å². The quantitative estimate of drug-likeness (QED) is 0.238. The lowest BCUT2D eigenvalue weighted by molar-refractivity contribution is 1.23. The Balaban J connectivity index is 1.87. The maximum Gasteiger partial charge on any atom is 0.160 e. The van der Waals surface area contributed by atoms with Gasteiger partial charge in [0.05, 0.1) is 11.2 Å². The summed E-state index contributed by atoms with van der Waals surface area (Å²) in [5.74, 6) is 0.731. The molecule has 0 spiro atoms. The first-order chi connectivity index (χ1) is 13.7. The lowest BCUT2D eigenvalue weighted by Gasteiger charge is -2.11. The number of fused-ring (bicyclic) bond motifs is 3. The number of rotatable bonds is 2. The summed E-state index contributed by atoms with van der Waals surface area (Å²) in [4.78, 5) is 9.94. The van der Waals surface area contributed by atoms with Crippen molar-refractivity contribution in [2.75, 3.05) is 0 Å². The van der Waals surface area contributed by atoms with Crippen molar-refractivity contribution >= 4 is 53.5 Å². The minimum absolute atomic E-state index is 0.731. The largest absolute Gasteiger partial charge is 0.227 e. The maximum atomic E-state index is 4.97. The monoisotopic (exact) mass is 488 g/mol. The molecule has 5 aromatic rings. The molecule has 5 rings (SSSR count). The van der Waals surface area contributed by atoms with Gasteiger partial charge < -0.3 is 0 Å². The Bertz CT molecular complexity index is 1310. The summed E-state index contributed by atoms with van der Waals surface area (Å²) >= 11 is 7.02. The number of aromatic nitrogens is 2. The molecule has 0 aliphatic carbocycles. The molecule has 28 heavy (non-hydrogen) atoms. The standard InChI is InChI=1S/C24H14Br2N2/c25-18-10-5-16(6-11-18)22-21-14-9-15-3-1-2-4-20(15)23(21)28-24(27-22)17-7-12-19(26)13-8-17/h1-14H. The molecule has 0 saturated carbocycles. The molecule has 4 heteroatoms. The minimum atomic E-state index is 0.731. The Labute approximate surface area is 179 Å². The fourth-order valence-electron chi connectivity index (χ4n) is 3.42. The Morgan fingerprint density at radius 1 is 0.536 bits per heavy atom. The molecule has 0 bridgehead atoms. The first-order valence-electron chi connectivity index (χ1n) is 8.90. The van der Waals surface area contributed by atoms with Crippen molar-refractivity contribution in [3.63, 3.8) is 0 Å². The zero-order valence-corrected chi connectivity index (χ0v) is 17.9. The fourth-order valence-corrected chi connectivity index (χ4v) is 3.95. The molecule has 0 unspecified atom stereocenters. The predicted molar refractivity (Wildman–Crippen MR) is 123 cm³/mol. The summed E-state index contributed by atoms with van der Waals surface area (Å²) < 4.78 is 2.09. The van der Waals surface area contributed by atoms with Crippen LogP contribution in [0.4, 0.5) is 0 Å². The molecule has 4 aromatic carbocycles. The highest BCUT2D eigenvalue weighted by Crippen LogP contribution is 2.33. The van der Waals surface area contributed by atoms with Gasteiger partial charge in [0, 0.05) is 30.8 Å². The van der Waals surface area contributed by atoms with Crippen LogP contribution in [0.5, 0.6) is 0 Å². The molecule has 0 atom stereocenters. The minimum Gasteiger partial charge on any atom is -0.227 e. The average Bonchev–Trinajstić information content (AvgIpc) is 2.74. The van der Waals surface area contributed by atoms with Crippen molar-refractivity contribution < 1.29 is 0 Å². The van der Waals surface area contributed by atoms with Crippen molar-refractivity contribution in [1.29, 1.82) is 0 Å². The van der Waals surface area contributed by atoms with Crippen LogP contribution in [0.25, 0.3) is 44.3 Å². The van der Waals surface area contributed by atoms with Crippen LogP contribution < -0.4 is 0 Å². The van der Waals surface area contributed by atoms with E-state index < -0.39 is 0 Å². The SMILES string of the molecule is Brc1ccc(-c2nc(-c3ccc(Br)cc3)c3ccc4ccccc4c3n2)cc1. The molecule has 0 saturated heterocycles. The van der Waals surface area contributed by atoms with Gasteiger partial charge in [-0.2, -0.15) is 0 Å². The lowest BCUT2D eigenvalue weighted by Crippen LogP contribution is -1.96. The van der Waals surface area contributed by atoms with Gasteiger partial charge in [0.1, 0.15) is 0 Å². The summed E-state index contributed by atoms with van der Waals surface area (Å²) in [5.41, 5.74) is 3.99. The van der Waals surface area contributed by atoms with Gasteiger partial charge in [-0.1, -0.05) is 86.5 Å². The second-order valence-corrected chi connectivity index (χ2v) is 8.42. The molecule has 0 N–H and O–H groups in total. The Kier molecular flexibility index (Phi) is 4.46. The van der Waals surface area contributed by atoms with Gasteiger partial charge >= 0.3 is 0 Å². The molecule has 1 heterocycles. The highest BCUT2D eigenvalue weighted by atomic mass is 79.9. The van der Waals surface area contributed by atoms with E-state index in [0.29, 0.717) is 0 Å². The fraction of sp³-hybridized carbons (Fsp3) is 0. The average molecular weight is 490 g/mol. The number of hydrogen-bond donors (Lipinski definition) is 0. The zero-order chi connectivity index (χ0) is 19.1. The van der Waals surface area contributed by atoms with Crippen molar-refractivity contribution in [3.8, 4) is 22.6 Å². The smallest absolute Gasteiger partial charge is 0.160 e. The number of halogens is 2. The molecule has 0 aliphatic rings. The van der Waals surface area contributed by atoms with E-state index in [2.05, 4.69) is 80.4 Å². The molecule has 2 nitrogen and oxygen atoms in total. The Morgan fingerprint density at radius 3 is 1.89 bits per heavy atom. The topological polar surface area (TPSA) is 25.8 Å². The van der Waals surface area contributed by atoms with Gasteiger partial charge in [0.15, 0.2) is 5.82 Å². The summed E-state index contributed by atoms with van der Waals surface area (Å²) in [7, 11) is 0. The predicted octanol–water partition coefficient (Wildman–Crippen LogP) is 7.64. The molecular weight excluding hydrogens is 476 g/mol. The molecular formula is C24H14Br2N2. The molecule has 1 aromatic heterocycles. The van der Waals surface area contributed by atoms with E-state index in [1.807, 2.05) is 36.4 Å². The van der Waals surface area contributed by atoms with Crippen LogP contribution in [0.15, 0.2) is 93.9 Å². The van der Waals surface area contributed by atoms with Crippen molar-refractivity contribution in [2.24, 2.45) is 0 Å². The molecule has 134 valence electrons. The van der Waals surface area contributed by atoms with Crippen LogP contribution in [-0.2, 0) is 0 Å². The van der Waals surface area contributed by atoms with Crippen LogP contribution >= 0.6 is 31.9 Å². The van der Waals surface area contributed by atoms with Gasteiger partial charge in [-0.05, 0) is 35.7 Å². The van der Waals surface area contributed by atoms with Crippen molar-refractivity contribution in [1.82, 2.24) is 9.97 Å². The Morgan fingerprint density at radius 2 is 1.18 bits per heavy atom. The molecule has 0 aliphatic heterocycles. The van der Waals surface area contributed by atoms with Gasteiger partial charge in [-0.15, -0.1) is 0 Å². The lowest BCUT2D eigenvalue weighted by atomic mass is 10.0.